The number of fused-ring (bicyclic) bond motifs is 1. The Morgan fingerprint density at radius 3 is 2.28 bits per heavy atom. The number of carbonyl (C=O) groups is 5. The number of carbonyl (C=O) groups excluding carboxylic acids is 5. The van der Waals surface area contributed by atoms with Crippen LogP contribution in [0.2, 0.25) is 5.02 Å². The molecule has 1 aliphatic carbocycles. The highest BCUT2D eigenvalue weighted by Crippen LogP contribution is 2.55. The molecule has 16 heteroatoms. The molecule has 5 heterocycles. The lowest BCUT2D eigenvalue weighted by Gasteiger charge is -2.63. The van der Waals surface area contributed by atoms with Gasteiger partial charge in [-0.25, -0.2) is 9.97 Å². The predicted octanol–water partition coefficient (Wildman–Crippen LogP) is 4.44. The van der Waals surface area contributed by atoms with Gasteiger partial charge in [-0.2, -0.15) is 5.26 Å². The van der Waals surface area contributed by atoms with E-state index < -0.39 is 29.7 Å². The zero-order valence-electron chi connectivity index (χ0n) is 34.4. The van der Waals surface area contributed by atoms with E-state index in [4.69, 9.17) is 16.3 Å². The van der Waals surface area contributed by atoms with Crippen molar-refractivity contribution in [3.05, 3.63) is 76.1 Å². The molecule has 8 rings (SSSR count). The molecule has 1 unspecified atom stereocenters. The third-order valence-corrected chi connectivity index (χ3v) is 13.5. The van der Waals surface area contributed by atoms with Crippen LogP contribution in [0.15, 0.2) is 48.7 Å². The summed E-state index contributed by atoms with van der Waals surface area (Å²) in [5.41, 5.74) is 1.50. The van der Waals surface area contributed by atoms with Crippen molar-refractivity contribution < 1.29 is 28.7 Å². The smallest absolute Gasteiger partial charge is 0.281 e. The standard InChI is InChI=1S/C44H50ClN9O6/c1-43(2)40(44(3,4)41(43)60-30-10-7-28(24-46)32(45)23-30)50-36(56)27-5-8-29(9-6-27)52-17-14-26(15-18-52)13-16-51-19-21-53(22-20-51)42-47-25-31-35(49-42)39(59)54(38(31)58)33-11-12-34(55)48-37(33)57/h5-10,23,25-26,33,40-41H,11-22H2,1-4H3,(H,50,56)(H,48,55,57)/t33?,40-,41-. The summed E-state index contributed by atoms with van der Waals surface area (Å²) in [6, 6.07) is 13.9. The van der Waals surface area contributed by atoms with Crippen molar-refractivity contribution in [2.45, 2.75) is 78.0 Å². The Kier molecular flexibility index (Phi) is 11.1. The lowest BCUT2D eigenvalue weighted by atomic mass is 9.49. The molecule has 314 valence electrons. The quantitative estimate of drug-likeness (QED) is 0.275. The average molecular weight is 836 g/mol. The summed E-state index contributed by atoms with van der Waals surface area (Å²) in [5, 5.41) is 15.1. The number of piperidine rings is 2. The van der Waals surface area contributed by atoms with Crippen molar-refractivity contribution in [2.24, 2.45) is 16.7 Å². The van der Waals surface area contributed by atoms with Crippen LogP contribution in [0, 0.1) is 28.1 Å². The highest BCUT2D eigenvalue weighted by atomic mass is 35.5. The molecular formula is C44H50ClN9O6. The number of hydrogen-bond acceptors (Lipinski definition) is 12. The number of benzene rings is 2. The number of imide groups is 2. The Hall–Kier alpha value is -5.59. The molecule has 0 bridgehead atoms. The monoisotopic (exact) mass is 835 g/mol. The molecule has 2 aromatic carbocycles. The lowest BCUT2D eigenvalue weighted by molar-refractivity contribution is -0.164. The summed E-state index contributed by atoms with van der Waals surface area (Å²) in [7, 11) is 0. The molecule has 3 aromatic rings. The molecule has 60 heavy (non-hydrogen) atoms. The molecule has 0 spiro atoms. The fourth-order valence-electron chi connectivity index (χ4n) is 10.0. The number of rotatable bonds is 10. The second-order valence-corrected chi connectivity index (χ2v) is 18.2. The summed E-state index contributed by atoms with van der Waals surface area (Å²) >= 11 is 6.25. The van der Waals surface area contributed by atoms with Gasteiger partial charge in [0.1, 0.15) is 29.7 Å². The number of halogens is 1. The van der Waals surface area contributed by atoms with Gasteiger partial charge in [-0.05, 0) is 74.5 Å². The van der Waals surface area contributed by atoms with Gasteiger partial charge in [0.25, 0.3) is 17.7 Å². The van der Waals surface area contributed by atoms with Crippen LogP contribution in [0.4, 0.5) is 11.6 Å². The van der Waals surface area contributed by atoms with Crippen molar-refractivity contribution in [1.29, 1.82) is 5.26 Å². The first-order valence-electron chi connectivity index (χ1n) is 20.7. The maximum absolute atomic E-state index is 13.5. The van der Waals surface area contributed by atoms with E-state index in [-0.39, 0.29) is 53.0 Å². The van der Waals surface area contributed by atoms with E-state index in [9.17, 15) is 29.2 Å². The largest absolute Gasteiger partial charge is 0.489 e. The molecule has 1 atom stereocenters. The van der Waals surface area contributed by atoms with E-state index in [0.717, 1.165) is 62.6 Å². The van der Waals surface area contributed by atoms with Crippen molar-refractivity contribution >= 4 is 52.8 Å². The number of nitrogens with zero attached hydrogens (tertiary/aromatic N) is 7. The fourth-order valence-corrected chi connectivity index (χ4v) is 10.3. The van der Waals surface area contributed by atoms with Gasteiger partial charge in [0.15, 0.2) is 0 Å². The van der Waals surface area contributed by atoms with Gasteiger partial charge in [0.05, 0.1) is 16.1 Å². The number of aromatic nitrogens is 2. The van der Waals surface area contributed by atoms with Crippen LogP contribution in [0.25, 0.3) is 0 Å². The molecule has 2 N–H and O–H groups in total. The molecule has 4 fully saturated rings. The maximum Gasteiger partial charge on any atom is 0.281 e. The lowest BCUT2D eigenvalue weighted by Crippen LogP contribution is -2.74. The van der Waals surface area contributed by atoms with E-state index in [1.54, 1.807) is 18.2 Å². The van der Waals surface area contributed by atoms with Gasteiger partial charge in [-0.1, -0.05) is 39.3 Å². The topological polar surface area (TPSA) is 181 Å². The summed E-state index contributed by atoms with van der Waals surface area (Å²) in [6.07, 6.45) is 4.63. The third kappa shape index (κ3) is 7.67. The van der Waals surface area contributed by atoms with E-state index >= 15 is 0 Å². The number of amides is 5. The molecule has 4 aliphatic heterocycles. The minimum absolute atomic E-state index is 0.00304. The highest BCUT2D eigenvalue weighted by molar-refractivity contribution is 6.31. The number of anilines is 2. The van der Waals surface area contributed by atoms with E-state index in [2.05, 4.69) is 64.2 Å². The van der Waals surface area contributed by atoms with E-state index in [1.807, 2.05) is 29.2 Å². The SMILES string of the molecule is CC1(C)[C@H](NC(=O)c2ccc(N3CCC(CCN4CCN(c5ncc6c(n5)C(=O)N(C5CCC(=O)NC5=O)C6=O)CC4)CC3)cc2)C(C)(C)[C@H]1Oc1ccc(C#N)c(Cl)c1. The molecule has 5 aliphatic rings. The van der Waals surface area contributed by atoms with E-state index in [0.29, 0.717) is 46.9 Å². The van der Waals surface area contributed by atoms with Gasteiger partial charge in [-0.3, -0.25) is 39.1 Å². The normalized spacial score (nSPS) is 24.1. The number of nitrogens with one attached hydrogen (secondary N) is 2. The van der Waals surface area contributed by atoms with Crippen LogP contribution in [0.5, 0.6) is 5.75 Å². The molecule has 15 nitrogen and oxygen atoms in total. The molecule has 5 amide bonds. The summed E-state index contributed by atoms with van der Waals surface area (Å²) in [4.78, 5) is 80.4. The van der Waals surface area contributed by atoms with Crippen molar-refractivity contribution in [3.63, 3.8) is 0 Å². The minimum Gasteiger partial charge on any atom is -0.489 e. The van der Waals surface area contributed by atoms with Crippen molar-refractivity contribution in [2.75, 3.05) is 55.6 Å². The van der Waals surface area contributed by atoms with Crippen LogP contribution < -0.4 is 25.2 Å². The summed E-state index contributed by atoms with van der Waals surface area (Å²) < 4.78 is 6.38. The van der Waals surface area contributed by atoms with Gasteiger partial charge in [0.2, 0.25) is 17.8 Å². The first-order chi connectivity index (χ1) is 28.6. The van der Waals surface area contributed by atoms with Gasteiger partial charge in [0, 0.05) is 86.1 Å². The molecular weight excluding hydrogens is 786 g/mol. The first-order valence-corrected chi connectivity index (χ1v) is 21.1. The van der Waals surface area contributed by atoms with Crippen molar-refractivity contribution in [1.82, 2.24) is 30.4 Å². The zero-order chi connectivity index (χ0) is 42.5. The number of ether oxygens (including phenoxy) is 1. The fraction of sp³-hybridized carbons (Fsp3) is 0.500. The number of piperazine rings is 1. The van der Waals surface area contributed by atoms with E-state index in [1.165, 1.54) is 6.20 Å². The minimum atomic E-state index is -1.04. The maximum atomic E-state index is 13.5. The average Bonchev–Trinajstić information content (AvgIpc) is 3.49. The van der Waals surface area contributed by atoms with Gasteiger partial charge < -0.3 is 19.9 Å². The Morgan fingerprint density at radius 2 is 1.63 bits per heavy atom. The predicted molar refractivity (Wildman–Crippen MR) is 223 cm³/mol. The van der Waals surface area contributed by atoms with Crippen LogP contribution in [0.3, 0.4) is 0 Å². The molecule has 1 saturated carbocycles. The Bertz CT molecular complexity index is 2240. The van der Waals surface area contributed by atoms with Crippen LogP contribution >= 0.6 is 11.6 Å². The third-order valence-electron chi connectivity index (χ3n) is 13.2. The second kappa shape index (κ2) is 16.1. The summed E-state index contributed by atoms with van der Waals surface area (Å²) in [6.45, 7) is 14.3. The van der Waals surface area contributed by atoms with Gasteiger partial charge >= 0.3 is 0 Å². The summed E-state index contributed by atoms with van der Waals surface area (Å²) in [5.74, 6) is -0.828. The molecule has 0 radical (unpaired) electrons. The van der Waals surface area contributed by atoms with Crippen LogP contribution in [-0.4, -0.2) is 113 Å². The van der Waals surface area contributed by atoms with Gasteiger partial charge in [-0.15, -0.1) is 0 Å². The zero-order valence-corrected chi connectivity index (χ0v) is 35.1. The Balaban J connectivity index is 0.769. The first kappa shape index (κ1) is 41.2. The van der Waals surface area contributed by atoms with Crippen LogP contribution in [-0.2, 0) is 9.59 Å². The van der Waals surface area contributed by atoms with Crippen LogP contribution in [0.1, 0.15) is 96.6 Å². The second-order valence-electron chi connectivity index (χ2n) is 17.8. The number of hydrogen-bond donors (Lipinski definition) is 2. The Morgan fingerprint density at radius 1 is 0.933 bits per heavy atom. The number of nitriles is 1. The van der Waals surface area contributed by atoms with Crippen molar-refractivity contribution in [3.8, 4) is 11.8 Å². The highest BCUT2D eigenvalue weighted by Gasteiger charge is 2.64. The molecule has 3 saturated heterocycles. The molecule has 1 aromatic heterocycles. The Labute approximate surface area is 354 Å².